The molecule has 0 amide bonds. The lowest BCUT2D eigenvalue weighted by atomic mass is 10.1. The molecule has 2 fully saturated rings. The van der Waals surface area contributed by atoms with Crippen LogP contribution in [0, 0.1) is 0 Å². The van der Waals surface area contributed by atoms with Crippen LogP contribution in [0.4, 0.5) is 0 Å². The Morgan fingerprint density at radius 2 is 1.76 bits per heavy atom. The summed E-state index contributed by atoms with van der Waals surface area (Å²) in [6.07, 6.45) is 4.18. The Hall–Kier alpha value is -1.92. The van der Waals surface area contributed by atoms with Crippen LogP contribution in [-0.4, -0.2) is 58.6 Å². The second-order valence-corrected chi connectivity index (χ2v) is 7.41. The molecule has 2 aliphatic rings. The minimum Gasteiger partial charge on any atom is -0.307 e. The van der Waals surface area contributed by atoms with Crippen LogP contribution in [0.1, 0.15) is 31.7 Å². The number of hydrogen-bond acceptors (Lipinski definition) is 4. The normalized spacial score (nSPS) is 26.1. The molecule has 2 aromatic rings. The second kappa shape index (κ2) is 6.77. The summed E-state index contributed by atoms with van der Waals surface area (Å²) in [4.78, 5) is 33.4. The Morgan fingerprint density at radius 1 is 0.960 bits per heavy atom. The van der Waals surface area contributed by atoms with Gasteiger partial charge >= 0.3 is 5.69 Å². The van der Waals surface area contributed by atoms with Gasteiger partial charge < -0.3 is 9.88 Å². The van der Waals surface area contributed by atoms with E-state index < -0.39 is 0 Å². The zero-order valence-corrected chi connectivity index (χ0v) is 14.8. The van der Waals surface area contributed by atoms with Crippen molar-refractivity contribution in [3.8, 4) is 0 Å². The topological polar surface area (TPSA) is 61.3 Å². The molecule has 4 rings (SSSR count). The number of aromatic amines is 1. The number of fused-ring (bicyclic) bond motifs is 1. The van der Waals surface area contributed by atoms with Crippen LogP contribution in [0.15, 0.2) is 33.9 Å². The van der Waals surface area contributed by atoms with Crippen molar-refractivity contribution < 1.29 is 0 Å². The Labute approximate surface area is 147 Å². The number of para-hydroxylation sites is 1. The highest BCUT2D eigenvalue weighted by Crippen LogP contribution is 2.33. The van der Waals surface area contributed by atoms with E-state index >= 15 is 0 Å². The summed E-state index contributed by atoms with van der Waals surface area (Å²) in [7, 11) is 2.16. The highest BCUT2D eigenvalue weighted by Gasteiger charge is 2.35. The third kappa shape index (κ3) is 3.04. The maximum absolute atomic E-state index is 13.0. The number of benzene rings is 1. The first-order chi connectivity index (χ1) is 12.1. The van der Waals surface area contributed by atoms with E-state index in [0.717, 1.165) is 51.9 Å². The van der Waals surface area contributed by atoms with Crippen LogP contribution in [0.5, 0.6) is 0 Å². The zero-order chi connectivity index (χ0) is 17.4. The van der Waals surface area contributed by atoms with Gasteiger partial charge in [0.15, 0.2) is 0 Å². The molecule has 134 valence electrons. The summed E-state index contributed by atoms with van der Waals surface area (Å²) in [5.74, 6) is 0. The Balaban J connectivity index is 1.72. The van der Waals surface area contributed by atoms with E-state index in [4.69, 9.17) is 0 Å². The summed E-state index contributed by atoms with van der Waals surface area (Å²) < 4.78 is 1.49. The minimum atomic E-state index is -0.271. The first-order valence-electron chi connectivity index (χ1n) is 9.31. The highest BCUT2D eigenvalue weighted by molar-refractivity contribution is 5.76. The van der Waals surface area contributed by atoms with Crippen molar-refractivity contribution in [3.05, 3.63) is 45.1 Å². The molecule has 2 atom stereocenters. The second-order valence-electron chi connectivity index (χ2n) is 7.41. The fourth-order valence-electron chi connectivity index (χ4n) is 4.52. The van der Waals surface area contributed by atoms with E-state index in [1.807, 2.05) is 12.1 Å². The molecule has 1 aliphatic heterocycles. The lowest BCUT2D eigenvalue weighted by Gasteiger charge is -2.32. The summed E-state index contributed by atoms with van der Waals surface area (Å²) in [6.45, 7) is 4.22. The molecule has 1 aromatic carbocycles. The predicted octanol–water partition coefficient (Wildman–Crippen LogP) is 1.42. The van der Waals surface area contributed by atoms with Crippen LogP contribution in [-0.2, 0) is 0 Å². The number of hydrogen-bond donors (Lipinski definition) is 1. The zero-order valence-electron chi connectivity index (χ0n) is 14.8. The Bertz CT molecular complexity index is 872. The maximum atomic E-state index is 13.0. The molecule has 6 heteroatoms. The Kier molecular flexibility index (Phi) is 4.48. The number of H-pyrrole nitrogens is 1. The van der Waals surface area contributed by atoms with Crippen molar-refractivity contribution in [2.24, 2.45) is 0 Å². The summed E-state index contributed by atoms with van der Waals surface area (Å²) in [6, 6.07) is 7.54. The molecule has 0 spiro atoms. The van der Waals surface area contributed by atoms with Gasteiger partial charge in [0.05, 0.1) is 16.9 Å². The van der Waals surface area contributed by atoms with Crippen molar-refractivity contribution in [2.45, 2.75) is 37.8 Å². The van der Waals surface area contributed by atoms with E-state index in [0.29, 0.717) is 10.9 Å². The highest BCUT2D eigenvalue weighted by atomic mass is 16.2. The largest absolute Gasteiger partial charge is 0.329 e. The molecule has 2 heterocycles. The molecule has 0 bridgehead atoms. The Morgan fingerprint density at radius 3 is 2.64 bits per heavy atom. The molecular weight excluding hydrogens is 316 g/mol. The number of aromatic nitrogens is 2. The molecule has 25 heavy (non-hydrogen) atoms. The number of likely N-dealkylation sites (N-methyl/N-ethyl adjacent to an activating group) is 1. The lowest BCUT2D eigenvalue weighted by Crippen LogP contribution is -2.47. The van der Waals surface area contributed by atoms with Crippen molar-refractivity contribution >= 4 is 10.9 Å². The van der Waals surface area contributed by atoms with Crippen molar-refractivity contribution in [1.82, 2.24) is 19.4 Å². The van der Waals surface area contributed by atoms with E-state index in [-0.39, 0.29) is 23.3 Å². The van der Waals surface area contributed by atoms with Gasteiger partial charge in [0.1, 0.15) is 0 Å². The molecule has 1 saturated carbocycles. The van der Waals surface area contributed by atoms with Gasteiger partial charge in [-0.1, -0.05) is 12.1 Å². The molecule has 1 saturated heterocycles. The first-order valence-corrected chi connectivity index (χ1v) is 9.31. The molecule has 0 radical (unpaired) electrons. The number of rotatable bonds is 2. The number of nitrogens with one attached hydrogen (secondary N) is 1. The van der Waals surface area contributed by atoms with Crippen LogP contribution >= 0.6 is 0 Å². The minimum absolute atomic E-state index is 0.0238. The summed E-state index contributed by atoms with van der Waals surface area (Å²) in [5, 5.41) is 0.600. The van der Waals surface area contributed by atoms with E-state index in [9.17, 15) is 9.59 Å². The van der Waals surface area contributed by atoms with Gasteiger partial charge in [-0.15, -0.1) is 0 Å². The smallest absolute Gasteiger partial charge is 0.307 e. The van der Waals surface area contributed by atoms with Crippen molar-refractivity contribution in [1.29, 1.82) is 0 Å². The van der Waals surface area contributed by atoms with E-state index in [1.165, 1.54) is 4.57 Å². The lowest BCUT2D eigenvalue weighted by molar-refractivity contribution is 0.164. The molecule has 1 aliphatic carbocycles. The molecule has 1 aromatic heterocycles. The summed E-state index contributed by atoms with van der Waals surface area (Å²) >= 11 is 0. The van der Waals surface area contributed by atoms with Gasteiger partial charge in [0, 0.05) is 19.1 Å². The van der Waals surface area contributed by atoms with Gasteiger partial charge in [-0.2, -0.15) is 0 Å². The fraction of sp³-hybridized carbons (Fsp3) is 0.579. The molecule has 1 N–H and O–H groups in total. The monoisotopic (exact) mass is 342 g/mol. The van der Waals surface area contributed by atoms with Crippen molar-refractivity contribution in [3.63, 3.8) is 0 Å². The SMILES string of the molecule is CN1CCCN(C2CCCC2n2c(=O)[nH]c3ccccc3c2=O)CC1. The molecular formula is C19H26N4O2. The van der Waals surface area contributed by atoms with Gasteiger partial charge in [0.2, 0.25) is 0 Å². The fourth-order valence-corrected chi connectivity index (χ4v) is 4.52. The third-order valence-electron chi connectivity index (χ3n) is 5.84. The number of nitrogens with zero attached hydrogens (tertiary/aromatic N) is 3. The van der Waals surface area contributed by atoms with Gasteiger partial charge in [-0.25, -0.2) is 4.79 Å². The van der Waals surface area contributed by atoms with Gasteiger partial charge in [-0.05, 0) is 58.0 Å². The standard InChI is InChI=1S/C19H26N4O2/c1-21-10-5-11-22(13-12-21)16-8-4-9-17(16)23-18(24)14-6-2-3-7-15(14)20-19(23)25/h2-3,6-7,16-17H,4-5,8-13H2,1H3,(H,20,25). The van der Waals surface area contributed by atoms with Crippen LogP contribution in [0.2, 0.25) is 0 Å². The summed E-state index contributed by atoms with van der Waals surface area (Å²) in [5.41, 5.74) is 0.204. The van der Waals surface area contributed by atoms with Crippen LogP contribution < -0.4 is 11.2 Å². The van der Waals surface area contributed by atoms with Crippen LogP contribution in [0.3, 0.4) is 0 Å². The van der Waals surface area contributed by atoms with E-state index in [1.54, 1.807) is 12.1 Å². The molecule has 2 unspecified atom stereocenters. The van der Waals surface area contributed by atoms with E-state index in [2.05, 4.69) is 21.8 Å². The van der Waals surface area contributed by atoms with Gasteiger partial charge in [0.25, 0.3) is 5.56 Å². The van der Waals surface area contributed by atoms with Crippen molar-refractivity contribution in [2.75, 3.05) is 33.2 Å². The quantitative estimate of drug-likeness (QED) is 0.897. The first kappa shape index (κ1) is 16.5. The van der Waals surface area contributed by atoms with Crippen LogP contribution in [0.25, 0.3) is 10.9 Å². The van der Waals surface area contributed by atoms with Gasteiger partial charge in [-0.3, -0.25) is 14.3 Å². The average Bonchev–Trinajstić information content (AvgIpc) is 2.97. The average molecular weight is 342 g/mol. The predicted molar refractivity (Wildman–Crippen MR) is 99.2 cm³/mol. The molecule has 6 nitrogen and oxygen atoms in total. The maximum Gasteiger partial charge on any atom is 0.329 e. The third-order valence-corrected chi connectivity index (χ3v) is 5.84.